The first-order valence-electron chi connectivity index (χ1n) is 4.54. The van der Waals surface area contributed by atoms with Crippen molar-refractivity contribution < 1.29 is 14.7 Å². The average molecular weight is 220 g/mol. The zero-order chi connectivity index (χ0) is 11.0. The predicted octanol–water partition coefficient (Wildman–Crippen LogP) is -1.19. The fourth-order valence-electron chi connectivity index (χ4n) is 1.00. The highest BCUT2D eigenvalue weighted by atomic mass is 16.4. The van der Waals surface area contributed by atoms with E-state index in [1.165, 1.54) is 0 Å². The van der Waals surface area contributed by atoms with Crippen LogP contribution in [0.15, 0.2) is 0 Å². The largest absolute Gasteiger partial charge is 0.480 e. The standard InChI is InChI=1S/C8H17N3O3.H3N/c9-4-2-1-3-6(8(13)14)11-7(12)5-10;/h6H,1-5,9-10H2,(H,11,12)(H,13,14);1H3. The first-order chi connectivity index (χ1) is 6.61. The van der Waals surface area contributed by atoms with Crippen LogP contribution in [0.4, 0.5) is 0 Å². The molecule has 7 nitrogen and oxygen atoms in total. The molecule has 0 radical (unpaired) electrons. The van der Waals surface area contributed by atoms with E-state index in [1.54, 1.807) is 0 Å². The van der Waals surface area contributed by atoms with Crippen molar-refractivity contribution in [2.24, 2.45) is 11.5 Å². The van der Waals surface area contributed by atoms with Crippen molar-refractivity contribution in [2.45, 2.75) is 25.3 Å². The van der Waals surface area contributed by atoms with Gasteiger partial charge in [0, 0.05) is 0 Å². The van der Waals surface area contributed by atoms with Gasteiger partial charge >= 0.3 is 5.97 Å². The minimum Gasteiger partial charge on any atom is -0.480 e. The molecule has 0 aliphatic rings. The van der Waals surface area contributed by atoms with Gasteiger partial charge in [-0.1, -0.05) is 0 Å². The number of hydrogen-bond donors (Lipinski definition) is 5. The van der Waals surface area contributed by atoms with Crippen molar-refractivity contribution in [1.82, 2.24) is 11.5 Å². The summed E-state index contributed by atoms with van der Waals surface area (Å²) in [5.41, 5.74) is 10.3. The van der Waals surface area contributed by atoms with Crippen LogP contribution in [0.25, 0.3) is 0 Å². The number of nitrogens with one attached hydrogen (secondary N) is 1. The Morgan fingerprint density at radius 1 is 1.27 bits per heavy atom. The van der Waals surface area contributed by atoms with Crippen molar-refractivity contribution in [1.29, 1.82) is 0 Å². The van der Waals surface area contributed by atoms with E-state index in [0.717, 1.165) is 6.42 Å². The molecular weight excluding hydrogens is 200 g/mol. The van der Waals surface area contributed by atoms with Crippen molar-refractivity contribution >= 4 is 11.9 Å². The molecule has 7 heteroatoms. The lowest BCUT2D eigenvalue weighted by atomic mass is 10.1. The fourth-order valence-corrected chi connectivity index (χ4v) is 1.00. The molecule has 1 amide bonds. The molecule has 0 spiro atoms. The van der Waals surface area contributed by atoms with Crippen LogP contribution in [0.3, 0.4) is 0 Å². The van der Waals surface area contributed by atoms with Gasteiger partial charge in [-0.3, -0.25) is 4.79 Å². The van der Waals surface area contributed by atoms with Gasteiger partial charge in [0.2, 0.25) is 5.91 Å². The molecule has 0 rings (SSSR count). The Hall–Kier alpha value is -1.18. The molecule has 0 saturated carbocycles. The molecule has 9 N–H and O–H groups in total. The maximum absolute atomic E-state index is 10.8. The molecule has 0 aliphatic carbocycles. The van der Waals surface area contributed by atoms with Crippen LogP contribution in [0.2, 0.25) is 0 Å². The SMILES string of the molecule is N.NCCCCC(NC(=O)CN)C(=O)O. The summed E-state index contributed by atoms with van der Waals surface area (Å²) in [4.78, 5) is 21.5. The lowest BCUT2D eigenvalue weighted by Gasteiger charge is -2.13. The van der Waals surface area contributed by atoms with E-state index in [0.29, 0.717) is 19.4 Å². The van der Waals surface area contributed by atoms with Gasteiger partial charge in [0.05, 0.1) is 6.54 Å². The van der Waals surface area contributed by atoms with Crippen LogP contribution < -0.4 is 22.9 Å². The number of carbonyl (C=O) groups is 2. The van der Waals surface area contributed by atoms with Crippen molar-refractivity contribution in [3.63, 3.8) is 0 Å². The maximum Gasteiger partial charge on any atom is 0.326 e. The third-order valence-electron chi connectivity index (χ3n) is 1.77. The molecule has 1 atom stereocenters. The number of hydrogen-bond acceptors (Lipinski definition) is 5. The Morgan fingerprint density at radius 3 is 2.27 bits per heavy atom. The molecule has 0 heterocycles. The highest BCUT2D eigenvalue weighted by Gasteiger charge is 2.18. The number of carbonyl (C=O) groups excluding carboxylic acids is 1. The van der Waals surface area contributed by atoms with E-state index in [4.69, 9.17) is 16.6 Å². The van der Waals surface area contributed by atoms with E-state index in [1.807, 2.05) is 0 Å². The van der Waals surface area contributed by atoms with E-state index in [2.05, 4.69) is 5.32 Å². The van der Waals surface area contributed by atoms with E-state index < -0.39 is 17.9 Å². The maximum atomic E-state index is 10.8. The molecule has 0 aromatic carbocycles. The lowest BCUT2D eigenvalue weighted by Crippen LogP contribution is -2.43. The molecule has 15 heavy (non-hydrogen) atoms. The van der Waals surface area contributed by atoms with Gasteiger partial charge in [0.25, 0.3) is 0 Å². The topological polar surface area (TPSA) is 153 Å². The first-order valence-corrected chi connectivity index (χ1v) is 4.54. The molecule has 0 aliphatic heterocycles. The van der Waals surface area contributed by atoms with Crippen molar-refractivity contribution in [2.75, 3.05) is 13.1 Å². The molecular formula is C8H20N4O3. The summed E-state index contributed by atoms with van der Waals surface area (Å²) in [5, 5.41) is 11.1. The third-order valence-corrected chi connectivity index (χ3v) is 1.77. The first kappa shape index (κ1) is 16.3. The Kier molecular flexibility index (Phi) is 10.2. The molecule has 0 fully saturated rings. The summed E-state index contributed by atoms with van der Waals surface area (Å²) in [6.07, 6.45) is 1.82. The van der Waals surface area contributed by atoms with Crippen LogP contribution in [-0.2, 0) is 9.59 Å². The van der Waals surface area contributed by atoms with Crippen LogP contribution in [0.5, 0.6) is 0 Å². The van der Waals surface area contributed by atoms with Crippen LogP contribution in [0.1, 0.15) is 19.3 Å². The van der Waals surface area contributed by atoms with Crippen LogP contribution in [-0.4, -0.2) is 36.1 Å². The number of unbranched alkanes of at least 4 members (excludes halogenated alkanes) is 1. The number of amides is 1. The molecule has 0 saturated heterocycles. The van der Waals surface area contributed by atoms with Gasteiger partial charge in [0.1, 0.15) is 6.04 Å². The number of rotatable bonds is 7. The number of aliphatic carboxylic acids is 1. The summed E-state index contributed by atoms with van der Waals surface area (Å²) in [5.74, 6) is -1.49. The highest BCUT2D eigenvalue weighted by Crippen LogP contribution is 2.00. The van der Waals surface area contributed by atoms with Crippen LogP contribution >= 0.6 is 0 Å². The summed E-state index contributed by atoms with van der Waals surface area (Å²) in [6, 6.07) is -0.849. The third kappa shape index (κ3) is 7.86. The predicted molar refractivity (Wildman–Crippen MR) is 56.5 cm³/mol. The monoisotopic (exact) mass is 220 g/mol. The second-order valence-electron chi connectivity index (χ2n) is 2.95. The Bertz CT molecular complexity index is 198. The van der Waals surface area contributed by atoms with Crippen molar-refractivity contribution in [3.05, 3.63) is 0 Å². The quantitative estimate of drug-likeness (QED) is 0.340. The molecule has 0 bridgehead atoms. The normalized spacial score (nSPS) is 11.3. The van der Waals surface area contributed by atoms with E-state index in [9.17, 15) is 9.59 Å². The van der Waals surface area contributed by atoms with Gasteiger partial charge < -0.3 is 28.0 Å². The Morgan fingerprint density at radius 2 is 1.87 bits per heavy atom. The minimum atomic E-state index is -1.04. The Balaban J connectivity index is 0. The second-order valence-corrected chi connectivity index (χ2v) is 2.95. The number of nitrogens with two attached hydrogens (primary N) is 2. The lowest BCUT2D eigenvalue weighted by molar-refractivity contribution is -0.141. The smallest absolute Gasteiger partial charge is 0.326 e. The van der Waals surface area contributed by atoms with Crippen LogP contribution in [0, 0.1) is 0 Å². The van der Waals surface area contributed by atoms with Gasteiger partial charge in [0.15, 0.2) is 0 Å². The summed E-state index contributed by atoms with van der Waals surface area (Å²) in [6.45, 7) is 0.331. The molecule has 0 aromatic heterocycles. The summed E-state index contributed by atoms with van der Waals surface area (Å²) >= 11 is 0. The summed E-state index contributed by atoms with van der Waals surface area (Å²) in [7, 11) is 0. The number of carboxylic acids is 1. The fraction of sp³-hybridized carbons (Fsp3) is 0.750. The zero-order valence-corrected chi connectivity index (χ0v) is 8.74. The number of carboxylic acid groups (broad SMARTS) is 1. The average Bonchev–Trinajstić information content (AvgIpc) is 2.16. The molecule has 1 unspecified atom stereocenters. The molecule has 0 aromatic rings. The van der Waals surface area contributed by atoms with Crippen molar-refractivity contribution in [3.8, 4) is 0 Å². The second kappa shape index (κ2) is 9.38. The van der Waals surface area contributed by atoms with Gasteiger partial charge in [-0.2, -0.15) is 0 Å². The van der Waals surface area contributed by atoms with Gasteiger partial charge in [-0.15, -0.1) is 0 Å². The Labute approximate surface area is 88.8 Å². The van der Waals surface area contributed by atoms with E-state index >= 15 is 0 Å². The minimum absolute atomic E-state index is 0. The van der Waals surface area contributed by atoms with E-state index in [-0.39, 0.29) is 12.7 Å². The highest BCUT2D eigenvalue weighted by molar-refractivity contribution is 5.84. The van der Waals surface area contributed by atoms with Gasteiger partial charge in [-0.05, 0) is 25.8 Å². The summed E-state index contributed by atoms with van der Waals surface area (Å²) < 4.78 is 0. The molecule has 90 valence electrons. The zero-order valence-electron chi connectivity index (χ0n) is 8.74. The van der Waals surface area contributed by atoms with Gasteiger partial charge in [-0.25, -0.2) is 4.79 Å².